The van der Waals surface area contributed by atoms with E-state index < -0.39 is 0 Å². The van der Waals surface area contributed by atoms with E-state index in [9.17, 15) is 0 Å². The molecule has 0 spiro atoms. The Labute approximate surface area is 72.8 Å². The van der Waals surface area contributed by atoms with Crippen molar-refractivity contribution in [3.63, 3.8) is 0 Å². The molecule has 1 aromatic heterocycles. The topological polar surface area (TPSA) is 51.2 Å². The molecule has 0 saturated heterocycles. The minimum absolute atomic E-state index is 0.130. The van der Waals surface area contributed by atoms with Crippen LogP contribution in [0, 0.1) is 0 Å². The molecule has 0 aliphatic carbocycles. The largest absolute Gasteiger partial charge is 0.395 e. The van der Waals surface area contributed by atoms with E-state index in [-0.39, 0.29) is 12.6 Å². The lowest BCUT2D eigenvalue weighted by Crippen LogP contribution is -2.07. The van der Waals surface area contributed by atoms with Crippen molar-refractivity contribution in [2.45, 2.75) is 25.9 Å². The average molecular weight is 168 g/mol. The number of aliphatic hydroxyl groups is 1. The van der Waals surface area contributed by atoms with Gasteiger partial charge in [-0.3, -0.25) is 0 Å². The lowest BCUT2D eigenvalue weighted by molar-refractivity contribution is 0.276. The van der Waals surface area contributed by atoms with E-state index in [1.54, 1.807) is 0 Å². The van der Waals surface area contributed by atoms with Gasteiger partial charge in [0, 0.05) is 25.0 Å². The average Bonchev–Trinajstić information content (AvgIpc) is 2.52. The van der Waals surface area contributed by atoms with E-state index in [1.165, 1.54) is 0 Å². The highest BCUT2D eigenvalue weighted by Crippen LogP contribution is 2.13. The Bertz CT molecular complexity index is 232. The number of aliphatic hydroxyl groups excluding tert-OH is 1. The van der Waals surface area contributed by atoms with Crippen molar-refractivity contribution in [1.82, 2.24) is 4.57 Å². The fraction of sp³-hybridized carbons (Fsp3) is 0.556. The van der Waals surface area contributed by atoms with Crippen molar-refractivity contribution >= 4 is 0 Å². The zero-order valence-corrected chi connectivity index (χ0v) is 7.40. The first-order chi connectivity index (χ1) is 5.77. The molecule has 0 radical (unpaired) electrons. The number of nitrogens with two attached hydrogens (primary N) is 1. The molecular formula is C9H16N2O. The molecule has 1 rings (SSSR count). The highest BCUT2D eigenvalue weighted by Gasteiger charge is 2.03. The van der Waals surface area contributed by atoms with Crippen molar-refractivity contribution in [1.29, 1.82) is 0 Å². The fourth-order valence-electron chi connectivity index (χ4n) is 1.17. The molecule has 0 fully saturated rings. The third-order valence-electron chi connectivity index (χ3n) is 2.00. The first-order valence-corrected chi connectivity index (χ1v) is 4.30. The van der Waals surface area contributed by atoms with Crippen LogP contribution in [0.2, 0.25) is 0 Å². The first-order valence-electron chi connectivity index (χ1n) is 4.30. The molecule has 3 heteroatoms. The normalized spacial score (nSPS) is 13.2. The summed E-state index contributed by atoms with van der Waals surface area (Å²) < 4.78 is 1.95. The Morgan fingerprint density at radius 2 is 2.42 bits per heavy atom. The lowest BCUT2D eigenvalue weighted by atomic mass is 10.1. The van der Waals surface area contributed by atoms with E-state index in [0.29, 0.717) is 6.54 Å². The predicted molar refractivity (Wildman–Crippen MR) is 48.7 cm³/mol. The number of aromatic nitrogens is 1. The Hall–Kier alpha value is -0.800. The third kappa shape index (κ3) is 2.09. The highest BCUT2D eigenvalue weighted by atomic mass is 16.3. The molecule has 0 amide bonds. The summed E-state index contributed by atoms with van der Waals surface area (Å²) in [5.41, 5.74) is 6.97. The Morgan fingerprint density at radius 1 is 1.67 bits per heavy atom. The summed E-state index contributed by atoms with van der Waals surface area (Å²) in [6.07, 6.45) is 4.88. The summed E-state index contributed by atoms with van der Waals surface area (Å²) in [5.74, 6) is 0. The molecule has 1 aromatic rings. The second-order valence-electron chi connectivity index (χ2n) is 2.92. The summed E-state index contributed by atoms with van der Waals surface area (Å²) in [5, 5.41) is 8.67. The van der Waals surface area contributed by atoms with Crippen LogP contribution in [0.4, 0.5) is 0 Å². The Kier molecular flexibility index (Phi) is 3.31. The number of hydrogen-bond acceptors (Lipinski definition) is 2. The minimum atomic E-state index is 0.130. The number of rotatable bonds is 4. The molecular weight excluding hydrogens is 152 g/mol. The summed E-state index contributed by atoms with van der Waals surface area (Å²) in [6, 6.07) is 2.13. The van der Waals surface area contributed by atoms with Crippen LogP contribution in [0.3, 0.4) is 0 Å². The Morgan fingerprint density at radius 3 is 3.00 bits per heavy atom. The van der Waals surface area contributed by atoms with E-state index in [1.807, 2.05) is 23.0 Å². The van der Waals surface area contributed by atoms with Crippen LogP contribution >= 0.6 is 0 Å². The molecule has 1 unspecified atom stereocenters. The van der Waals surface area contributed by atoms with E-state index in [4.69, 9.17) is 10.8 Å². The van der Waals surface area contributed by atoms with Crippen LogP contribution < -0.4 is 5.73 Å². The van der Waals surface area contributed by atoms with Gasteiger partial charge in [-0.05, 0) is 18.1 Å². The maximum absolute atomic E-state index is 8.67. The molecule has 0 aromatic carbocycles. The Balaban J connectivity index is 2.63. The van der Waals surface area contributed by atoms with E-state index >= 15 is 0 Å². The van der Waals surface area contributed by atoms with Crippen LogP contribution in [-0.2, 0) is 6.54 Å². The maximum Gasteiger partial charge on any atom is 0.0610 e. The van der Waals surface area contributed by atoms with Gasteiger partial charge in [-0.2, -0.15) is 0 Å². The van der Waals surface area contributed by atoms with Crippen LogP contribution in [0.1, 0.15) is 24.9 Å². The standard InChI is InChI=1S/C9H16N2O/c1-2-9(10)8-3-4-11(7-8)5-6-12/h3-4,7,9,12H,2,5-6,10H2,1H3. The molecule has 3 N–H and O–H groups in total. The molecule has 0 saturated carbocycles. The van der Waals surface area contributed by atoms with Crippen LogP contribution in [0.25, 0.3) is 0 Å². The van der Waals surface area contributed by atoms with Crippen molar-refractivity contribution in [2.24, 2.45) is 5.73 Å². The minimum Gasteiger partial charge on any atom is -0.395 e. The maximum atomic E-state index is 8.67. The van der Waals surface area contributed by atoms with Crippen LogP contribution in [-0.4, -0.2) is 16.3 Å². The van der Waals surface area contributed by atoms with Crippen LogP contribution in [0.5, 0.6) is 0 Å². The molecule has 68 valence electrons. The quantitative estimate of drug-likeness (QED) is 0.701. The first kappa shape index (κ1) is 9.29. The van der Waals surface area contributed by atoms with E-state index in [0.717, 1.165) is 12.0 Å². The molecule has 1 heterocycles. The second-order valence-corrected chi connectivity index (χ2v) is 2.92. The number of hydrogen-bond donors (Lipinski definition) is 2. The van der Waals surface area contributed by atoms with Gasteiger partial charge in [0.25, 0.3) is 0 Å². The van der Waals surface area contributed by atoms with Crippen LogP contribution in [0.15, 0.2) is 18.5 Å². The van der Waals surface area contributed by atoms with Gasteiger partial charge in [-0.25, -0.2) is 0 Å². The summed E-state index contributed by atoms with van der Waals surface area (Å²) >= 11 is 0. The monoisotopic (exact) mass is 168 g/mol. The van der Waals surface area contributed by atoms with Gasteiger partial charge in [0.05, 0.1) is 6.61 Å². The third-order valence-corrected chi connectivity index (χ3v) is 2.00. The number of nitrogens with zero attached hydrogens (tertiary/aromatic N) is 1. The van der Waals surface area contributed by atoms with E-state index in [2.05, 4.69) is 6.92 Å². The van der Waals surface area contributed by atoms with Gasteiger partial charge in [0.15, 0.2) is 0 Å². The molecule has 0 aliphatic rings. The van der Waals surface area contributed by atoms with Gasteiger partial charge >= 0.3 is 0 Å². The predicted octanol–water partition coefficient (Wildman–Crippen LogP) is 0.890. The smallest absolute Gasteiger partial charge is 0.0610 e. The molecule has 3 nitrogen and oxygen atoms in total. The van der Waals surface area contributed by atoms with Crippen molar-refractivity contribution in [3.8, 4) is 0 Å². The summed E-state index contributed by atoms with van der Waals surface area (Å²) in [4.78, 5) is 0. The zero-order chi connectivity index (χ0) is 8.97. The fourth-order valence-corrected chi connectivity index (χ4v) is 1.17. The molecule has 0 bridgehead atoms. The van der Waals surface area contributed by atoms with Gasteiger partial charge in [0.1, 0.15) is 0 Å². The van der Waals surface area contributed by atoms with Gasteiger partial charge < -0.3 is 15.4 Å². The van der Waals surface area contributed by atoms with Crippen molar-refractivity contribution < 1.29 is 5.11 Å². The lowest BCUT2D eigenvalue weighted by Gasteiger charge is -2.04. The second kappa shape index (κ2) is 4.28. The van der Waals surface area contributed by atoms with Gasteiger partial charge in [-0.15, -0.1) is 0 Å². The van der Waals surface area contributed by atoms with Crippen molar-refractivity contribution in [3.05, 3.63) is 24.0 Å². The molecule has 12 heavy (non-hydrogen) atoms. The summed E-state index contributed by atoms with van der Waals surface area (Å²) in [7, 11) is 0. The highest BCUT2D eigenvalue weighted by molar-refractivity contribution is 5.14. The summed E-state index contributed by atoms with van der Waals surface area (Å²) in [6.45, 7) is 2.89. The molecule has 1 atom stereocenters. The SMILES string of the molecule is CCC(N)c1ccn(CCO)c1. The zero-order valence-electron chi connectivity index (χ0n) is 7.40. The van der Waals surface area contributed by atoms with Gasteiger partial charge in [-0.1, -0.05) is 6.92 Å². The molecule has 0 aliphatic heterocycles. The van der Waals surface area contributed by atoms with Crippen molar-refractivity contribution in [2.75, 3.05) is 6.61 Å². The van der Waals surface area contributed by atoms with Gasteiger partial charge in [0.2, 0.25) is 0 Å².